The van der Waals surface area contributed by atoms with Crippen LogP contribution in [0.3, 0.4) is 0 Å². The van der Waals surface area contributed by atoms with Gasteiger partial charge in [0.15, 0.2) is 23.8 Å². The highest BCUT2D eigenvalue weighted by Crippen LogP contribution is 2.74. The second-order valence-corrected chi connectivity index (χ2v) is 11.6. The van der Waals surface area contributed by atoms with Crippen LogP contribution in [0.1, 0.15) is 40.0 Å². The molecule has 9 atom stereocenters. The van der Waals surface area contributed by atoms with Gasteiger partial charge in [0, 0.05) is 31.3 Å². The van der Waals surface area contributed by atoms with Crippen molar-refractivity contribution in [1.29, 1.82) is 0 Å². The molecule has 36 heavy (non-hydrogen) atoms. The normalized spacial score (nSPS) is 46.8. The first-order valence-corrected chi connectivity index (χ1v) is 12.3. The van der Waals surface area contributed by atoms with E-state index < -0.39 is 82.2 Å². The molecule has 1 heterocycles. The molecule has 4 aliphatic carbocycles. The number of Topliss-reactive ketones (excluding diaryl/α,β-unsaturated/α-hetero) is 1. The maximum Gasteiger partial charge on any atom is 0.407 e. The monoisotopic (exact) mass is 507 g/mol. The van der Waals surface area contributed by atoms with Crippen molar-refractivity contribution < 1.29 is 42.9 Å². The number of nitrogens with zero attached hydrogens (tertiary/aromatic N) is 1. The van der Waals surface area contributed by atoms with Crippen molar-refractivity contribution in [3.63, 3.8) is 0 Å². The van der Waals surface area contributed by atoms with Crippen LogP contribution in [-0.4, -0.2) is 76.4 Å². The van der Waals surface area contributed by atoms with Gasteiger partial charge in [0.05, 0.1) is 11.5 Å². The molecule has 3 saturated carbocycles. The molecule has 5 aliphatic rings. The number of allylic oxidation sites excluding steroid dienone is 4. The van der Waals surface area contributed by atoms with Gasteiger partial charge in [-0.3, -0.25) is 14.4 Å². The van der Waals surface area contributed by atoms with E-state index in [4.69, 9.17) is 4.74 Å². The van der Waals surface area contributed by atoms with Crippen molar-refractivity contribution in [3.05, 3.63) is 23.8 Å². The summed E-state index contributed by atoms with van der Waals surface area (Å²) >= 11 is 0. The first-order valence-electron chi connectivity index (χ1n) is 12.3. The number of aliphatic hydroxyl groups is 1. The lowest BCUT2D eigenvalue weighted by Crippen LogP contribution is -2.69. The molecule has 1 amide bonds. The lowest BCUT2D eigenvalue weighted by molar-refractivity contribution is -0.212. The fraction of sp³-hybridized carbons (Fsp3) is 0.692. The predicted octanol–water partition coefficient (Wildman–Crippen LogP) is 2.64. The van der Waals surface area contributed by atoms with Crippen LogP contribution < -0.4 is 0 Å². The van der Waals surface area contributed by atoms with Gasteiger partial charge < -0.3 is 19.8 Å². The Morgan fingerprint density at radius 3 is 2.56 bits per heavy atom. The number of amides is 1. The van der Waals surface area contributed by atoms with Crippen molar-refractivity contribution in [1.82, 2.24) is 4.90 Å². The number of esters is 1. The number of alkyl halides is 2. The minimum atomic E-state index is -2.28. The molecule has 0 unspecified atom stereocenters. The van der Waals surface area contributed by atoms with Crippen LogP contribution in [0, 0.1) is 34.0 Å². The second-order valence-electron chi connectivity index (χ2n) is 11.6. The van der Waals surface area contributed by atoms with E-state index in [1.165, 1.54) is 26.0 Å². The molecule has 0 spiro atoms. The van der Waals surface area contributed by atoms with Gasteiger partial charge in [0.2, 0.25) is 0 Å². The Morgan fingerprint density at radius 1 is 1.22 bits per heavy atom. The van der Waals surface area contributed by atoms with Gasteiger partial charge >= 0.3 is 12.1 Å². The zero-order valence-corrected chi connectivity index (χ0v) is 20.5. The molecule has 0 bridgehead atoms. The molecule has 196 valence electrons. The minimum absolute atomic E-state index is 0.0206. The van der Waals surface area contributed by atoms with Crippen molar-refractivity contribution in [2.45, 2.75) is 58.0 Å². The largest absolute Gasteiger partial charge is 0.465 e. The average Bonchev–Trinajstić information content (AvgIpc) is 3.30. The summed E-state index contributed by atoms with van der Waals surface area (Å²) in [4.78, 5) is 50.2. The van der Waals surface area contributed by atoms with Crippen LogP contribution in [0.4, 0.5) is 13.6 Å². The first kappa shape index (κ1) is 25.0. The molecule has 0 aromatic heterocycles. The number of rotatable bonds is 3. The van der Waals surface area contributed by atoms with E-state index in [-0.39, 0.29) is 37.9 Å². The van der Waals surface area contributed by atoms with Crippen molar-refractivity contribution in [2.75, 3.05) is 19.7 Å². The van der Waals surface area contributed by atoms with Crippen LogP contribution in [0.15, 0.2) is 23.8 Å². The molecular weight excluding hydrogens is 476 g/mol. The molecule has 5 rings (SSSR count). The fourth-order valence-corrected chi connectivity index (χ4v) is 8.72. The number of hydrogen-bond acceptors (Lipinski definition) is 6. The van der Waals surface area contributed by atoms with E-state index in [0.717, 1.165) is 11.0 Å². The summed E-state index contributed by atoms with van der Waals surface area (Å²) in [6.45, 7) is 3.78. The quantitative estimate of drug-likeness (QED) is 0.564. The number of carbonyl (C=O) groups excluding carboxylic acids is 3. The van der Waals surface area contributed by atoms with Crippen molar-refractivity contribution >= 4 is 23.6 Å². The van der Waals surface area contributed by atoms with Gasteiger partial charge in [0.1, 0.15) is 6.17 Å². The van der Waals surface area contributed by atoms with Gasteiger partial charge in [-0.25, -0.2) is 13.6 Å². The van der Waals surface area contributed by atoms with Gasteiger partial charge in [-0.1, -0.05) is 13.0 Å². The van der Waals surface area contributed by atoms with Crippen LogP contribution in [-0.2, 0) is 19.1 Å². The number of ether oxygens (including phenoxy) is 1. The molecule has 2 N–H and O–H groups in total. The second kappa shape index (κ2) is 7.69. The molecule has 8 nitrogen and oxygen atoms in total. The lowest BCUT2D eigenvalue weighted by atomic mass is 9.43. The highest BCUT2D eigenvalue weighted by molar-refractivity contribution is 6.01. The molecule has 0 aromatic rings. The van der Waals surface area contributed by atoms with E-state index in [9.17, 15) is 29.4 Å². The number of carbonyl (C=O) groups is 4. The van der Waals surface area contributed by atoms with Gasteiger partial charge in [0.25, 0.3) is 0 Å². The number of fused-ring (bicyclic) bond motifs is 7. The Bertz CT molecular complexity index is 1120. The molecule has 0 radical (unpaired) electrons. The molecule has 4 fully saturated rings. The first-order chi connectivity index (χ1) is 16.7. The van der Waals surface area contributed by atoms with Crippen molar-refractivity contribution in [2.24, 2.45) is 34.0 Å². The van der Waals surface area contributed by atoms with E-state index >= 15 is 8.78 Å². The Labute approximate surface area is 207 Å². The highest BCUT2D eigenvalue weighted by atomic mass is 19.1. The summed E-state index contributed by atoms with van der Waals surface area (Å²) in [5.74, 6) is -3.54. The number of aliphatic hydroxyl groups excluding tert-OH is 1. The van der Waals surface area contributed by atoms with E-state index in [1.54, 1.807) is 6.92 Å². The SMILES string of the molecule is CC(=O)OCC(=O)[C@@]12CN(C(=O)O)C[C@@H]1C[C@H]1[C@@H]3C[C@H](F)C4=CC(=O)C=C[C@]4(C)[C@@]3(F)[C@@H](O)C[C@@]12C. The summed E-state index contributed by atoms with van der Waals surface area (Å²) in [6.07, 6.45) is -0.823. The summed E-state index contributed by atoms with van der Waals surface area (Å²) in [5.41, 5.74) is -6.18. The third kappa shape index (κ3) is 2.87. The number of hydrogen-bond donors (Lipinski definition) is 2. The average molecular weight is 508 g/mol. The maximum absolute atomic E-state index is 17.3. The van der Waals surface area contributed by atoms with Crippen LogP contribution in [0.25, 0.3) is 0 Å². The number of halogens is 2. The molecular formula is C26H31F2NO7. The maximum atomic E-state index is 17.3. The number of carboxylic acid groups (broad SMARTS) is 1. The number of ketones is 2. The van der Waals surface area contributed by atoms with E-state index in [1.807, 2.05) is 0 Å². The zero-order valence-electron chi connectivity index (χ0n) is 20.5. The zero-order chi connectivity index (χ0) is 26.4. The summed E-state index contributed by atoms with van der Waals surface area (Å²) in [5, 5.41) is 21.2. The van der Waals surface area contributed by atoms with E-state index in [2.05, 4.69) is 0 Å². The molecule has 0 aromatic carbocycles. The van der Waals surface area contributed by atoms with Crippen LogP contribution in [0.5, 0.6) is 0 Å². The summed E-state index contributed by atoms with van der Waals surface area (Å²) < 4.78 is 37.9. The smallest absolute Gasteiger partial charge is 0.407 e. The minimum Gasteiger partial charge on any atom is -0.465 e. The summed E-state index contributed by atoms with van der Waals surface area (Å²) in [7, 11) is 0. The number of likely N-dealkylation sites (tertiary alicyclic amines) is 1. The molecule has 1 saturated heterocycles. The predicted molar refractivity (Wildman–Crippen MR) is 121 cm³/mol. The Morgan fingerprint density at radius 2 is 1.92 bits per heavy atom. The lowest BCUT2D eigenvalue weighted by Gasteiger charge is -2.63. The molecule has 1 aliphatic heterocycles. The Balaban J connectivity index is 1.61. The van der Waals surface area contributed by atoms with E-state index in [0.29, 0.717) is 0 Å². The standard InChI is InChI=1S/C26H31F2NO7/c1-13(30)36-11-21(33)25-12-29(22(34)35)10-14(25)6-16-17-8-19(27)18-7-15(31)4-5-23(18,2)26(17,28)20(32)9-24(16,25)3/h4-5,7,14,16-17,19-20,32H,6,8-12H2,1-3H3,(H,34,35)/t14-,16-,17-,19-,20-,23-,24-,25+,26-/m0/s1. The third-order valence-corrected chi connectivity index (χ3v) is 10.3. The van der Waals surface area contributed by atoms with Crippen LogP contribution >= 0.6 is 0 Å². The van der Waals surface area contributed by atoms with Crippen LogP contribution in [0.2, 0.25) is 0 Å². The third-order valence-electron chi connectivity index (χ3n) is 10.3. The highest BCUT2D eigenvalue weighted by Gasteiger charge is 2.78. The fourth-order valence-electron chi connectivity index (χ4n) is 8.72. The topological polar surface area (TPSA) is 121 Å². The Hall–Kier alpha value is -2.62. The van der Waals surface area contributed by atoms with Crippen molar-refractivity contribution in [3.8, 4) is 0 Å². The van der Waals surface area contributed by atoms with Gasteiger partial charge in [-0.2, -0.15) is 0 Å². The van der Waals surface area contributed by atoms with Gasteiger partial charge in [-0.15, -0.1) is 0 Å². The summed E-state index contributed by atoms with van der Waals surface area (Å²) in [6, 6.07) is 0. The Kier molecular flexibility index (Phi) is 5.35. The van der Waals surface area contributed by atoms with Gasteiger partial charge in [-0.05, 0) is 61.2 Å². The molecule has 10 heteroatoms.